The van der Waals surface area contributed by atoms with Crippen molar-refractivity contribution in [2.45, 2.75) is 34.1 Å². The van der Waals surface area contributed by atoms with Crippen LogP contribution in [0.4, 0.5) is 0 Å². The normalized spacial score (nSPS) is 22.5. The van der Waals surface area contributed by atoms with Gasteiger partial charge in [-0.05, 0) is 42.9 Å². The Hall–Kier alpha value is -1.11. The Labute approximate surface area is 91.5 Å². The topological polar surface area (TPSA) is 17.1 Å². The van der Waals surface area contributed by atoms with E-state index in [2.05, 4.69) is 27.7 Å². The van der Waals surface area contributed by atoms with Gasteiger partial charge in [-0.3, -0.25) is 4.79 Å². The molecule has 15 heavy (non-hydrogen) atoms. The van der Waals surface area contributed by atoms with Crippen LogP contribution in [0.1, 0.15) is 41.8 Å². The SMILES string of the molecule is Cc1ccc(C(=O)C2CC2(C)C)cc1C. The number of hydrogen-bond donors (Lipinski definition) is 0. The van der Waals surface area contributed by atoms with Gasteiger partial charge in [-0.15, -0.1) is 0 Å². The Balaban J connectivity index is 2.24. The van der Waals surface area contributed by atoms with Crippen molar-refractivity contribution in [1.29, 1.82) is 0 Å². The van der Waals surface area contributed by atoms with Crippen LogP contribution in [0.5, 0.6) is 0 Å². The molecule has 1 heteroatoms. The van der Waals surface area contributed by atoms with Gasteiger partial charge in [0.25, 0.3) is 0 Å². The third-order valence-electron chi connectivity index (χ3n) is 3.62. The molecule has 0 bridgehead atoms. The molecule has 0 aliphatic heterocycles. The number of hydrogen-bond acceptors (Lipinski definition) is 1. The van der Waals surface area contributed by atoms with Crippen molar-refractivity contribution in [3.8, 4) is 0 Å². The van der Waals surface area contributed by atoms with Gasteiger partial charge < -0.3 is 0 Å². The van der Waals surface area contributed by atoms with Crippen molar-refractivity contribution in [1.82, 2.24) is 0 Å². The zero-order valence-electron chi connectivity index (χ0n) is 9.92. The summed E-state index contributed by atoms with van der Waals surface area (Å²) in [4.78, 5) is 12.1. The number of carbonyl (C=O) groups is 1. The summed E-state index contributed by atoms with van der Waals surface area (Å²) >= 11 is 0. The third-order valence-corrected chi connectivity index (χ3v) is 3.62. The van der Waals surface area contributed by atoms with E-state index in [1.54, 1.807) is 0 Å². The van der Waals surface area contributed by atoms with Gasteiger partial charge in [-0.2, -0.15) is 0 Å². The van der Waals surface area contributed by atoms with E-state index in [9.17, 15) is 4.79 Å². The quantitative estimate of drug-likeness (QED) is 0.670. The molecule has 1 unspecified atom stereocenters. The standard InChI is InChI=1S/C14H18O/c1-9-5-6-11(7-10(9)2)13(15)12-8-14(12,3)4/h5-7,12H,8H2,1-4H3. The second-order valence-corrected chi connectivity index (χ2v) is 5.41. The molecule has 1 aliphatic carbocycles. The Morgan fingerprint density at radius 3 is 2.33 bits per heavy atom. The van der Waals surface area contributed by atoms with Gasteiger partial charge in [-0.1, -0.05) is 26.0 Å². The largest absolute Gasteiger partial charge is 0.294 e. The summed E-state index contributed by atoms with van der Waals surface area (Å²) in [7, 11) is 0. The van der Waals surface area contributed by atoms with Gasteiger partial charge in [0.15, 0.2) is 5.78 Å². The van der Waals surface area contributed by atoms with Crippen molar-refractivity contribution in [2.24, 2.45) is 11.3 Å². The van der Waals surface area contributed by atoms with Crippen molar-refractivity contribution in [3.63, 3.8) is 0 Å². The molecule has 0 aromatic heterocycles. The number of ketones is 1. The predicted molar refractivity (Wildman–Crippen MR) is 62.1 cm³/mol. The van der Waals surface area contributed by atoms with Crippen LogP contribution in [0, 0.1) is 25.2 Å². The molecule has 0 amide bonds. The molecule has 2 rings (SSSR count). The summed E-state index contributed by atoms with van der Waals surface area (Å²) in [5, 5.41) is 0. The molecule has 0 N–H and O–H groups in total. The van der Waals surface area contributed by atoms with E-state index >= 15 is 0 Å². The van der Waals surface area contributed by atoms with Crippen LogP contribution in [-0.4, -0.2) is 5.78 Å². The minimum atomic E-state index is 0.232. The smallest absolute Gasteiger partial charge is 0.166 e. The lowest BCUT2D eigenvalue weighted by atomic mass is 9.98. The van der Waals surface area contributed by atoms with Gasteiger partial charge in [0.2, 0.25) is 0 Å². The highest BCUT2D eigenvalue weighted by Gasteiger charge is 2.50. The fraction of sp³-hybridized carbons (Fsp3) is 0.500. The molecule has 1 nitrogen and oxygen atoms in total. The molecule has 0 radical (unpaired) electrons. The highest BCUT2D eigenvalue weighted by atomic mass is 16.1. The first-order valence-corrected chi connectivity index (χ1v) is 5.53. The maximum absolute atomic E-state index is 12.1. The lowest BCUT2D eigenvalue weighted by Crippen LogP contribution is -2.06. The molecule has 1 atom stereocenters. The van der Waals surface area contributed by atoms with Crippen molar-refractivity contribution >= 4 is 5.78 Å². The first kappa shape index (κ1) is 10.4. The molecule has 0 spiro atoms. The van der Waals surface area contributed by atoms with E-state index in [4.69, 9.17) is 0 Å². The summed E-state index contributed by atoms with van der Waals surface area (Å²) < 4.78 is 0. The van der Waals surface area contributed by atoms with Crippen LogP contribution in [0.2, 0.25) is 0 Å². The molecule has 1 saturated carbocycles. The highest BCUT2D eigenvalue weighted by molar-refractivity contribution is 6.00. The fourth-order valence-corrected chi connectivity index (χ4v) is 2.01. The molecular weight excluding hydrogens is 184 g/mol. The Kier molecular flexibility index (Phi) is 2.22. The maximum atomic E-state index is 12.1. The molecule has 1 aromatic carbocycles. The van der Waals surface area contributed by atoms with Crippen molar-refractivity contribution in [3.05, 3.63) is 34.9 Å². The van der Waals surface area contributed by atoms with E-state index in [0.29, 0.717) is 5.78 Å². The first-order chi connectivity index (χ1) is 6.92. The molecular formula is C14H18O. The van der Waals surface area contributed by atoms with Crippen LogP contribution >= 0.6 is 0 Å². The fourth-order valence-electron chi connectivity index (χ4n) is 2.01. The Bertz CT molecular complexity index is 415. The van der Waals surface area contributed by atoms with Gasteiger partial charge in [0.1, 0.15) is 0 Å². The van der Waals surface area contributed by atoms with Crippen LogP contribution in [0.25, 0.3) is 0 Å². The second kappa shape index (κ2) is 3.19. The Morgan fingerprint density at radius 2 is 1.87 bits per heavy atom. The molecule has 0 saturated heterocycles. The van der Waals surface area contributed by atoms with Crippen LogP contribution in [0.3, 0.4) is 0 Å². The average Bonchev–Trinajstić information content (AvgIpc) is 2.79. The molecule has 0 heterocycles. The first-order valence-electron chi connectivity index (χ1n) is 5.53. The number of rotatable bonds is 2. The monoisotopic (exact) mass is 202 g/mol. The number of aryl methyl sites for hydroxylation is 2. The zero-order valence-corrected chi connectivity index (χ0v) is 9.92. The van der Waals surface area contributed by atoms with E-state index < -0.39 is 0 Å². The molecule has 1 aromatic rings. The van der Waals surface area contributed by atoms with Gasteiger partial charge >= 0.3 is 0 Å². The van der Waals surface area contributed by atoms with Crippen molar-refractivity contribution < 1.29 is 4.79 Å². The maximum Gasteiger partial charge on any atom is 0.166 e. The molecule has 1 fully saturated rings. The summed E-state index contributed by atoms with van der Waals surface area (Å²) in [5.74, 6) is 0.572. The highest BCUT2D eigenvalue weighted by Crippen LogP contribution is 2.53. The summed E-state index contributed by atoms with van der Waals surface area (Å²) in [5.41, 5.74) is 3.57. The molecule has 1 aliphatic rings. The summed E-state index contributed by atoms with van der Waals surface area (Å²) in [6.45, 7) is 8.46. The van der Waals surface area contributed by atoms with Gasteiger partial charge in [0, 0.05) is 11.5 Å². The number of Topliss-reactive ketones (excluding diaryl/α,β-unsaturated/α-hetero) is 1. The van der Waals surface area contributed by atoms with E-state index in [1.165, 1.54) is 11.1 Å². The second-order valence-electron chi connectivity index (χ2n) is 5.41. The predicted octanol–water partition coefficient (Wildman–Crippen LogP) is 3.53. The Morgan fingerprint density at radius 1 is 1.27 bits per heavy atom. The van der Waals surface area contributed by atoms with Crippen LogP contribution < -0.4 is 0 Å². The lowest BCUT2D eigenvalue weighted by molar-refractivity contribution is 0.0953. The van der Waals surface area contributed by atoms with Crippen molar-refractivity contribution in [2.75, 3.05) is 0 Å². The van der Waals surface area contributed by atoms with Gasteiger partial charge in [-0.25, -0.2) is 0 Å². The van der Waals surface area contributed by atoms with E-state index in [-0.39, 0.29) is 11.3 Å². The van der Waals surface area contributed by atoms with E-state index in [1.807, 2.05) is 18.2 Å². The lowest BCUT2D eigenvalue weighted by Gasteiger charge is -2.05. The average molecular weight is 202 g/mol. The number of benzene rings is 1. The number of carbonyl (C=O) groups excluding carboxylic acids is 1. The minimum Gasteiger partial charge on any atom is -0.294 e. The summed E-state index contributed by atoms with van der Waals surface area (Å²) in [6, 6.07) is 6.02. The summed E-state index contributed by atoms with van der Waals surface area (Å²) in [6.07, 6.45) is 1.04. The van der Waals surface area contributed by atoms with Crippen LogP contribution in [-0.2, 0) is 0 Å². The van der Waals surface area contributed by atoms with E-state index in [0.717, 1.165) is 12.0 Å². The van der Waals surface area contributed by atoms with Crippen LogP contribution in [0.15, 0.2) is 18.2 Å². The minimum absolute atomic E-state index is 0.232. The zero-order chi connectivity index (χ0) is 11.2. The molecule has 80 valence electrons. The van der Waals surface area contributed by atoms with Gasteiger partial charge in [0.05, 0.1) is 0 Å². The third kappa shape index (κ3) is 1.83.